The van der Waals surface area contributed by atoms with Crippen LogP contribution in [0.5, 0.6) is 5.88 Å². The van der Waals surface area contributed by atoms with Crippen LogP contribution in [0, 0.1) is 18.5 Å². The molecule has 1 aromatic heterocycles. The number of aryl methyl sites for hydroxylation is 2. The Morgan fingerprint density at radius 2 is 2.50 bits per heavy atom. The first-order chi connectivity index (χ1) is 5.79. The zero-order chi connectivity index (χ0) is 8.97. The molecule has 3 heteroatoms. The van der Waals surface area contributed by atoms with E-state index >= 15 is 0 Å². The molecule has 1 aromatic rings. The van der Waals surface area contributed by atoms with Gasteiger partial charge in [-0.1, -0.05) is 12.8 Å². The number of hydrogen-bond donors (Lipinski definition) is 0. The van der Waals surface area contributed by atoms with Crippen molar-refractivity contribution in [3.05, 3.63) is 11.8 Å². The van der Waals surface area contributed by atoms with Crippen molar-refractivity contribution < 1.29 is 4.74 Å². The average Bonchev–Trinajstić information content (AvgIpc) is 2.43. The Kier molecular flexibility index (Phi) is 2.76. The summed E-state index contributed by atoms with van der Waals surface area (Å²) in [6, 6.07) is 0. The first-order valence-electron chi connectivity index (χ1n) is 3.79. The van der Waals surface area contributed by atoms with Gasteiger partial charge >= 0.3 is 0 Å². The van der Waals surface area contributed by atoms with Gasteiger partial charge in [-0.3, -0.25) is 0 Å². The molecule has 1 rings (SSSR count). The van der Waals surface area contributed by atoms with Crippen molar-refractivity contribution in [2.45, 2.75) is 13.3 Å². The minimum atomic E-state index is 0.278. The number of nitrogens with zero attached hydrogens (tertiary/aromatic N) is 2. The van der Waals surface area contributed by atoms with E-state index in [1.54, 1.807) is 4.68 Å². The summed E-state index contributed by atoms with van der Waals surface area (Å²) in [7, 11) is 1.81. The molecule has 0 saturated heterocycles. The molecule has 0 saturated carbocycles. The monoisotopic (exact) mass is 163 g/mol. The second kappa shape index (κ2) is 3.82. The highest BCUT2D eigenvalue weighted by molar-refractivity contribution is 5.23. The first-order valence-corrected chi connectivity index (χ1v) is 3.79. The molecule has 0 aliphatic carbocycles. The van der Waals surface area contributed by atoms with Gasteiger partial charge < -0.3 is 4.74 Å². The van der Waals surface area contributed by atoms with E-state index in [4.69, 9.17) is 11.2 Å². The summed E-state index contributed by atoms with van der Waals surface area (Å²) in [6.07, 6.45) is 8.78. The Bertz CT molecular complexity index is 296. The van der Waals surface area contributed by atoms with Crippen molar-refractivity contribution in [2.75, 3.05) is 6.61 Å². The van der Waals surface area contributed by atoms with Crippen LogP contribution in [0.1, 0.15) is 12.5 Å². The van der Waals surface area contributed by atoms with E-state index < -0.39 is 0 Å². The topological polar surface area (TPSA) is 27.1 Å². The van der Waals surface area contributed by atoms with Crippen LogP contribution in [0.15, 0.2) is 0 Å². The highest BCUT2D eigenvalue weighted by Gasteiger charge is 2.07. The Morgan fingerprint density at radius 1 is 1.75 bits per heavy atom. The minimum absolute atomic E-state index is 0.278. The summed E-state index contributed by atoms with van der Waals surface area (Å²) in [6.45, 7) is 2.30. The van der Waals surface area contributed by atoms with Crippen molar-refractivity contribution in [1.29, 1.82) is 0 Å². The van der Waals surface area contributed by atoms with Gasteiger partial charge in [0.1, 0.15) is 6.20 Å². The van der Waals surface area contributed by atoms with Crippen molar-refractivity contribution >= 4 is 0 Å². The molecule has 1 radical (unpaired) electrons. The smallest absolute Gasteiger partial charge is 0.216 e. The molecule has 0 N–H and O–H groups in total. The summed E-state index contributed by atoms with van der Waals surface area (Å²) in [5, 5.41) is 3.94. The largest absolute Gasteiger partial charge is 0.464 e. The molecule has 0 aliphatic rings. The molecule has 0 atom stereocenters. The summed E-state index contributed by atoms with van der Waals surface area (Å²) in [5.41, 5.74) is 0.966. The van der Waals surface area contributed by atoms with Crippen LogP contribution >= 0.6 is 0 Å². The molecule has 0 unspecified atom stereocenters. The van der Waals surface area contributed by atoms with E-state index in [0.29, 0.717) is 0 Å². The maximum absolute atomic E-state index is 5.28. The van der Waals surface area contributed by atoms with Crippen LogP contribution in [-0.2, 0) is 13.5 Å². The van der Waals surface area contributed by atoms with E-state index in [-0.39, 0.29) is 6.61 Å². The summed E-state index contributed by atoms with van der Waals surface area (Å²) in [5.74, 6) is 3.13. The molecular weight excluding hydrogens is 152 g/mol. The fraction of sp³-hybridized carbons (Fsp3) is 0.444. The summed E-state index contributed by atoms with van der Waals surface area (Å²) in [4.78, 5) is 0. The average molecular weight is 163 g/mol. The van der Waals surface area contributed by atoms with Gasteiger partial charge in [-0.15, -0.1) is 6.42 Å². The van der Waals surface area contributed by atoms with Gasteiger partial charge in [0.25, 0.3) is 0 Å². The second-order valence-corrected chi connectivity index (χ2v) is 2.37. The fourth-order valence-corrected chi connectivity index (χ4v) is 0.945. The SMILES string of the molecule is C#CCOc1c(CC)[c]nn1C. The van der Waals surface area contributed by atoms with Gasteiger partial charge in [0.2, 0.25) is 5.88 Å². The zero-order valence-electron chi connectivity index (χ0n) is 7.29. The van der Waals surface area contributed by atoms with Crippen LogP contribution in [0.3, 0.4) is 0 Å². The van der Waals surface area contributed by atoms with Crippen LogP contribution in [0.25, 0.3) is 0 Å². The standard InChI is InChI=1S/C9H11N2O/c1-4-6-12-9-8(5-2)7-10-11(9)3/h1H,5-6H2,2-3H3. The Morgan fingerprint density at radius 3 is 3.08 bits per heavy atom. The highest BCUT2D eigenvalue weighted by Crippen LogP contribution is 2.16. The van der Waals surface area contributed by atoms with Crippen LogP contribution in [0.2, 0.25) is 0 Å². The van der Waals surface area contributed by atoms with Crippen molar-refractivity contribution in [3.8, 4) is 18.2 Å². The fourth-order valence-electron chi connectivity index (χ4n) is 0.945. The van der Waals surface area contributed by atoms with Gasteiger partial charge in [0, 0.05) is 12.6 Å². The lowest BCUT2D eigenvalue weighted by Gasteiger charge is -2.03. The Balaban J connectivity index is 2.81. The van der Waals surface area contributed by atoms with E-state index in [1.807, 2.05) is 14.0 Å². The molecule has 3 nitrogen and oxygen atoms in total. The highest BCUT2D eigenvalue weighted by atomic mass is 16.5. The molecule has 0 bridgehead atoms. The van der Waals surface area contributed by atoms with E-state index in [9.17, 15) is 0 Å². The number of terminal acetylenes is 1. The quantitative estimate of drug-likeness (QED) is 0.616. The molecule has 0 fully saturated rings. The van der Waals surface area contributed by atoms with Gasteiger partial charge in [0.05, 0.1) is 0 Å². The number of ether oxygens (including phenoxy) is 1. The third-order valence-corrected chi connectivity index (χ3v) is 1.53. The van der Waals surface area contributed by atoms with E-state index in [2.05, 4.69) is 17.2 Å². The van der Waals surface area contributed by atoms with Crippen LogP contribution < -0.4 is 4.74 Å². The maximum atomic E-state index is 5.28. The van der Waals surface area contributed by atoms with Gasteiger partial charge in [-0.25, -0.2) is 4.68 Å². The summed E-state index contributed by atoms with van der Waals surface area (Å²) < 4.78 is 6.92. The lowest BCUT2D eigenvalue weighted by molar-refractivity contribution is 0.332. The van der Waals surface area contributed by atoms with Crippen molar-refractivity contribution in [1.82, 2.24) is 9.78 Å². The minimum Gasteiger partial charge on any atom is -0.464 e. The Labute approximate surface area is 72.3 Å². The molecule has 0 aromatic carbocycles. The molecule has 1 heterocycles. The third-order valence-electron chi connectivity index (χ3n) is 1.53. The van der Waals surface area contributed by atoms with Gasteiger partial charge in [-0.2, -0.15) is 5.10 Å². The number of hydrogen-bond acceptors (Lipinski definition) is 2. The molecule has 0 amide bonds. The summed E-state index contributed by atoms with van der Waals surface area (Å²) >= 11 is 0. The van der Waals surface area contributed by atoms with Crippen LogP contribution in [-0.4, -0.2) is 16.4 Å². The predicted octanol–water partition coefficient (Wildman–Crippen LogP) is 0.795. The zero-order valence-corrected chi connectivity index (χ0v) is 7.29. The molecule has 63 valence electrons. The maximum Gasteiger partial charge on any atom is 0.216 e. The predicted molar refractivity (Wildman–Crippen MR) is 45.8 cm³/mol. The third kappa shape index (κ3) is 1.59. The molecular formula is C9H11N2O. The van der Waals surface area contributed by atoms with Crippen molar-refractivity contribution in [2.24, 2.45) is 7.05 Å². The van der Waals surface area contributed by atoms with Crippen molar-refractivity contribution in [3.63, 3.8) is 0 Å². The molecule has 12 heavy (non-hydrogen) atoms. The number of aromatic nitrogens is 2. The van der Waals surface area contributed by atoms with Gasteiger partial charge in [-0.05, 0) is 6.42 Å². The number of rotatable bonds is 3. The molecule has 0 aliphatic heterocycles. The Hall–Kier alpha value is -1.43. The van der Waals surface area contributed by atoms with Gasteiger partial charge in [0.15, 0.2) is 6.61 Å². The normalized spacial score (nSPS) is 9.42. The first kappa shape index (κ1) is 8.66. The van der Waals surface area contributed by atoms with E-state index in [1.165, 1.54) is 0 Å². The molecule has 0 spiro atoms. The second-order valence-electron chi connectivity index (χ2n) is 2.37. The lowest BCUT2D eigenvalue weighted by atomic mass is 10.3. The van der Waals surface area contributed by atoms with E-state index in [0.717, 1.165) is 17.9 Å². The lowest BCUT2D eigenvalue weighted by Crippen LogP contribution is -2.01. The van der Waals surface area contributed by atoms with Crippen LogP contribution in [0.4, 0.5) is 0 Å².